The lowest BCUT2D eigenvalue weighted by Gasteiger charge is -2.32. The normalized spacial score (nSPS) is 16.9. The lowest BCUT2D eigenvalue weighted by atomic mass is 9.94. The van der Waals surface area contributed by atoms with E-state index >= 15 is 0 Å². The van der Waals surface area contributed by atoms with Gasteiger partial charge in [-0.25, -0.2) is 4.98 Å². The minimum absolute atomic E-state index is 0.666. The molecule has 4 nitrogen and oxygen atoms in total. The Morgan fingerprint density at radius 1 is 1.30 bits per heavy atom. The molecule has 1 aliphatic heterocycles. The Hall–Kier alpha value is -1.16. The van der Waals surface area contributed by atoms with Crippen LogP contribution >= 0.6 is 0 Å². The summed E-state index contributed by atoms with van der Waals surface area (Å²) in [6.07, 6.45) is 7.65. The summed E-state index contributed by atoms with van der Waals surface area (Å²) in [5, 5.41) is 3.43. The minimum atomic E-state index is 0.666. The van der Waals surface area contributed by atoms with E-state index in [1.807, 2.05) is 12.4 Å². The molecule has 0 aliphatic carbocycles. The van der Waals surface area contributed by atoms with Crippen molar-refractivity contribution in [1.29, 1.82) is 0 Å². The van der Waals surface area contributed by atoms with E-state index in [9.17, 15) is 0 Å². The van der Waals surface area contributed by atoms with Gasteiger partial charge in [0.15, 0.2) is 0 Å². The van der Waals surface area contributed by atoms with E-state index in [2.05, 4.69) is 36.0 Å². The molecule has 1 saturated heterocycles. The van der Waals surface area contributed by atoms with Crippen LogP contribution in [0.5, 0.6) is 0 Å². The van der Waals surface area contributed by atoms with Crippen molar-refractivity contribution in [3.05, 3.63) is 18.1 Å². The fourth-order valence-corrected chi connectivity index (χ4v) is 2.69. The van der Waals surface area contributed by atoms with Crippen LogP contribution in [0.4, 0.5) is 5.82 Å². The predicted octanol–water partition coefficient (Wildman–Crippen LogP) is 2.85. The average Bonchev–Trinajstić information content (AvgIpc) is 2.47. The highest BCUT2D eigenvalue weighted by Crippen LogP contribution is 2.23. The molecule has 2 rings (SSSR count). The molecule has 2 heterocycles. The standard InChI is InChI=1S/C16H28N4/c1-4-14-5-7-20(8-6-14)16-12-18-11-15(19-16)10-17-9-13(2)3/h11-14,17H,4-10H2,1-3H3. The van der Waals surface area contributed by atoms with E-state index in [0.29, 0.717) is 5.92 Å². The van der Waals surface area contributed by atoms with E-state index in [-0.39, 0.29) is 0 Å². The van der Waals surface area contributed by atoms with E-state index in [0.717, 1.165) is 43.6 Å². The number of aromatic nitrogens is 2. The van der Waals surface area contributed by atoms with Crippen LogP contribution < -0.4 is 10.2 Å². The summed E-state index contributed by atoms with van der Waals surface area (Å²) in [5.74, 6) is 2.61. The van der Waals surface area contributed by atoms with Gasteiger partial charge >= 0.3 is 0 Å². The maximum Gasteiger partial charge on any atom is 0.147 e. The molecule has 0 bridgehead atoms. The van der Waals surface area contributed by atoms with Crippen LogP contribution in [-0.2, 0) is 6.54 Å². The van der Waals surface area contributed by atoms with Crippen LogP contribution in [0.2, 0.25) is 0 Å². The molecule has 1 N–H and O–H groups in total. The van der Waals surface area contributed by atoms with Crippen molar-refractivity contribution in [1.82, 2.24) is 15.3 Å². The molecule has 112 valence electrons. The van der Waals surface area contributed by atoms with Gasteiger partial charge in [-0.3, -0.25) is 4.98 Å². The summed E-state index contributed by atoms with van der Waals surface area (Å²) < 4.78 is 0. The Labute approximate surface area is 123 Å². The number of hydrogen-bond acceptors (Lipinski definition) is 4. The third-order valence-electron chi connectivity index (χ3n) is 4.05. The number of nitrogens with one attached hydrogen (secondary N) is 1. The van der Waals surface area contributed by atoms with Gasteiger partial charge in [0.05, 0.1) is 11.9 Å². The second-order valence-electron chi connectivity index (χ2n) is 6.23. The van der Waals surface area contributed by atoms with Crippen molar-refractivity contribution < 1.29 is 0 Å². The predicted molar refractivity (Wildman–Crippen MR) is 83.8 cm³/mol. The van der Waals surface area contributed by atoms with Crippen LogP contribution in [-0.4, -0.2) is 29.6 Å². The van der Waals surface area contributed by atoms with Crippen LogP contribution in [0.3, 0.4) is 0 Å². The Balaban J connectivity index is 1.89. The zero-order valence-electron chi connectivity index (χ0n) is 13.1. The summed E-state index contributed by atoms with van der Waals surface area (Å²) in [6.45, 7) is 10.8. The molecule has 0 spiro atoms. The topological polar surface area (TPSA) is 41.1 Å². The monoisotopic (exact) mass is 276 g/mol. The number of nitrogens with zero attached hydrogens (tertiary/aromatic N) is 3. The Kier molecular flexibility index (Phi) is 5.77. The van der Waals surface area contributed by atoms with E-state index in [1.165, 1.54) is 19.3 Å². The first kappa shape index (κ1) is 15.2. The molecular weight excluding hydrogens is 248 g/mol. The van der Waals surface area contributed by atoms with Gasteiger partial charge in [-0.05, 0) is 31.2 Å². The van der Waals surface area contributed by atoms with Crippen LogP contribution in [0.1, 0.15) is 45.7 Å². The fraction of sp³-hybridized carbons (Fsp3) is 0.750. The molecule has 1 aromatic heterocycles. The minimum Gasteiger partial charge on any atom is -0.355 e. The van der Waals surface area contributed by atoms with Crippen molar-refractivity contribution in [3.8, 4) is 0 Å². The molecule has 4 heteroatoms. The van der Waals surface area contributed by atoms with Gasteiger partial charge < -0.3 is 10.2 Å². The zero-order valence-corrected chi connectivity index (χ0v) is 13.1. The van der Waals surface area contributed by atoms with Crippen molar-refractivity contribution in [2.24, 2.45) is 11.8 Å². The molecule has 20 heavy (non-hydrogen) atoms. The van der Waals surface area contributed by atoms with Crippen molar-refractivity contribution >= 4 is 5.82 Å². The first-order valence-corrected chi connectivity index (χ1v) is 7.95. The second kappa shape index (κ2) is 7.58. The summed E-state index contributed by atoms with van der Waals surface area (Å²) in [7, 11) is 0. The van der Waals surface area contributed by atoms with Gasteiger partial charge in [0.1, 0.15) is 5.82 Å². The maximum atomic E-state index is 4.75. The van der Waals surface area contributed by atoms with E-state index in [1.54, 1.807) is 0 Å². The van der Waals surface area contributed by atoms with Crippen molar-refractivity contribution in [3.63, 3.8) is 0 Å². The van der Waals surface area contributed by atoms with Crippen LogP contribution in [0.25, 0.3) is 0 Å². The summed E-state index contributed by atoms with van der Waals surface area (Å²) in [5.41, 5.74) is 1.04. The molecule has 0 atom stereocenters. The molecule has 1 fully saturated rings. The number of piperidine rings is 1. The van der Waals surface area contributed by atoms with Crippen molar-refractivity contribution in [2.45, 2.75) is 46.6 Å². The van der Waals surface area contributed by atoms with Gasteiger partial charge in [-0.1, -0.05) is 27.2 Å². The summed E-state index contributed by atoms with van der Waals surface area (Å²) in [4.78, 5) is 11.5. The van der Waals surface area contributed by atoms with E-state index < -0.39 is 0 Å². The maximum absolute atomic E-state index is 4.75. The van der Waals surface area contributed by atoms with Gasteiger partial charge in [0, 0.05) is 25.8 Å². The highest BCUT2D eigenvalue weighted by molar-refractivity contribution is 5.36. The molecule has 1 aliphatic rings. The van der Waals surface area contributed by atoms with Gasteiger partial charge in [0.2, 0.25) is 0 Å². The van der Waals surface area contributed by atoms with Crippen LogP contribution in [0, 0.1) is 11.8 Å². The third-order valence-corrected chi connectivity index (χ3v) is 4.05. The van der Waals surface area contributed by atoms with Crippen LogP contribution in [0.15, 0.2) is 12.4 Å². The summed E-state index contributed by atoms with van der Waals surface area (Å²) >= 11 is 0. The number of hydrogen-bond donors (Lipinski definition) is 1. The summed E-state index contributed by atoms with van der Waals surface area (Å²) in [6, 6.07) is 0. The van der Waals surface area contributed by atoms with Gasteiger partial charge in [0.25, 0.3) is 0 Å². The molecule has 0 radical (unpaired) electrons. The molecule has 1 aromatic rings. The van der Waals surface area contributed by atoms with E-state index in [4.69, 9.17) is 4.98 Å². The highest BCUT2D eigenvalue weighted by atomic mass is 15.2. The molecule has 0 aromatic carbocycles. The van der Waals surface area contributed by atoms with Gasteiger partial charge in [-0.15, -0.1) is 0 Å². The largest absolute Gasteiger partial charge is 0.355 e. The quantitative estimate of drug-likeness (QED) is 0.867. The Morgan fingerprint density at radius 2 is 2.05 bits per heavy atom. The van der Waals surface area contributed by atoms with Crippen molar-refractivity contribution in [2.75, 3.05) is 24.5 Å². The molecule has 0 amide bonds. The highest BCUT2D eigenvalue weighted by Gasteiger charge is 2.19. The first-order valence-electron chi connectivity index (χ1n) is 7.95. The van der Waals surface area contributed by atoms with Gasteiger partial charge in [-0.2, -0.15) is 0 Å². The Morgan fingerprint density at radius 3 is 2.70 bits per heavy atom. The third kappa shape index (κ3) is 4.44. The first-order chi connectivity index (χ1) is 9.69. The fourth-order valence-electron chi connectivity index (χ4n) is 2.69. The second-order valence-corrected chi connectivity index (χ2v) is 6.23. The smallest absolute Gasteiger partial charge is 0.147 e. The molecular formula is C16H28N4. The molecule has 0 saturated carbocycles. The molecule has 0 unspecified atom stereocenters. The number of anilines is 1. The lowest BCUT2D eigenvalue weighted by Crippen LogP contribution is -2.34. The Bertz CT molecular complexity index is 397. The SMILES string of the molecule is CCC1CCN(c2cncc(CNCC(C)C)n2)CC1. The average molecular weight is 276 g/mol. The number of rotatable bonds is 6. The zero-order chi connectivity index (χ0) is 14.4. The lowest BCUT2D eigenvalue weighted by molar-refractivity contribution is 0.393.